The standard InChI is InChI=1S/C15H21N3O2S/c1-11(19)16-13-6-4-12(5-7-13)15-18(9-8-17(2)3)14(20)10-21-15/h4-7,15H,8-10H2,1-3H3,(H,16,19). The van der Waals surface area contributed by atoms with Crippen molar-refractivity contribution in [3.63, 3.8) is 0 Å². The van der Waals surface area contributed by atoms with Gasteiger partial charge in [-0.05, 0) is 31.8 Å². The number of thioether (sulfide) groups is 1. The molecule has 21 heavy (non-hydrogen) atoms. The van der Waals surface area contributed by atoms with Gasteiger partial charge in [-0.3, -0.25) is 9.59 Å². The highest BCUT2D eigenvalue weighted by Gasteiger charge is 2.32. The van der Waals surface area contributed by atoms with Crippen molar-refractivity contribution in [2.75, 3.05) is 38.3 Å². The smallest absolute Gasteiger partial charge is 0.233 e. The van der Waals surface area contributed by atoms with Crippen molar-refractivity contribution in [3.8, 4) is 0 Å². The Morgan fingerprint density at radius 3 is 2.62 bits per heavy atom. The van der Waals surface area contributed by atoms with Gasteiger partial charge < -0.3 is 15.1 Å². The molecule has 1 N–H and O–H groups in total. The first-order valence-corrected chi connectivity index (χ1v) is 7.95. The zero-order valence-corrected chi connectivity index (χ0v) is 13.4. The van der Waals surface area contributed by atoms with Gasteiger partial charge >= 0.3 is 0 Å². The molecule has 6 heteroatoms. The molecule has 1 aliphatic heterocycles. The lowest BCUT2D eigenvalue weighted by molar-refractivity contribution is -0.128. The number of carbonyl (C=O) groups excluding carboxylic acids is 2. The Bertz CT molecular complexity index is 516. The normalized spacial score (nSPS) is 18.4. The molecule has 1 heterocycles. The summed E-state index contributed by atoms with van der Waals surface area (Å²) in [7, 11) is 4.01. The third kappa shape index (κ3) is 4.22. The molecule has 0 saturated carbocycles. The largest absolute Gasteiger partial charge is 0.326 e. The maximum atomic E-state index is 12.0. The van der Waals surface area contributed by atoms with E-state index in [1.165, 1.54) is 6.92 Å². The minimum absolute atomic E-state index is 0.0730. The van der Waals surface area contributed by atoms with Crippen LogP contribution in [-0.4, -0.2) is 54.6 Å². The summed E-state index contributed by atoms with van der Waals surface area (Å²) < 4.78 is 0. The van der Waals surface area contributed by atoms with Gasteiger partial charge in [0.2, 0.25) is 11.8 Å². The molecule has 114 valence electrons. The Hall–Kier alpha value is -1.53. The van der Waals surface area contributed by atoms with Gasteiger partial charge in [0.05, 0.1) is 5.75 Å². The predicted octanol–water partition coefficient (Wildman–Crippen LogP) is 1.78. The highest BCUT2D eigenvalue weighted by Crippen LogP contribution is 2.38. The lowest BCUT2D eigenvalue weighted by atomic mass is 10.2. The molecule has 5 nitrogen and oxygen atoms in total. The highest BCUT2D eigenvalue weighted by molar-refractivity contribution is 8.00. The van der Waals surface area contributed by atoms with Gasteiger partial charge in [-0.2, -0.15) is 0 Å². The first-order chi connectivity index (χ1) is 9.97. The summed E-state index contributed by atoms with van der Waals surface area (Å²) in [5, 5.41) is 2.82. The van der Waals surface area contributed by atoms with E-state index in [4.69, 9.17) is 0 Å². The van der Waals surface area contributed by atoms with Gasteiger partial charge in [-0.15, -0.1) is 11.8 Å². The second-order valence-electron chi connectivity index (χ2n) is 5.36. The quantitative estimate of drug-likeness (QED) is 0.901. The summed E-state index contributed by atoms with van der Waals surface area (Å²) in [4.78, 5) is 27.0. The Morgan fingerprint density at radius 1 is 1.38 bits per heavy atom. The molecule has 1 atom stereocenters. The zero-order valence-electron chi connectivity index (χ0n) is 12.6. The van der Waals surface area contributed by atoms with Crippen molar-refractivity contribution in [2.45, 2.75) is 12.3 Å². The second-order valence-corrected chi connectivity index (χ2v) is 6.43. The summed E-state index contributed by atoms with van der Waals surface area (Å²) in [6.07, 6.45) is 0. The number of carbonyl (C=O) groups is 2. The van der Waals surface area contributed by atoms with Crippen LogP contribution in [0, 0.1) is 0 Å². The van der Waals surface area contributed by atoms with Crippen LogP contribution in [0.1, 0.15) is 17.9 Å². The van der Waals surface area contributed by atoms with E-state index in [2.05, 4.69) is 10.2 Å². The summed E-state index contributed by atoms with van der Waals surface area (Å²) in [5.41, 5.74) is 1.87. The highest BCUT2D eigenvalue weighted by atomic mass is 32.2. The van der Waals surface area contributed by atoms with Crippen LogP contribution >= 0.6 is 11.8 Å². The van der Waals surface area contributed by atoms with E-state index in [1.54, 1.807) is 11.8 Å². The number of nitrogens with one attached hydrogen (secondary N) is 1. The third-order valence-electron chi connectivity index (χ3n) is 3.27. The SMILES string of the molecule is CC(=O)Nc1ccc(C2SCC(=O)N2CCN(C)C)cc1. The van der Waals surface area contributed by atoms with Gasteiger partial charge in [-0.25, -0.2) is 0 Å². The van der Waals surface area contributed by atoms with Crippen LogP contribution in [0.15, 0.2) is 24.3 Å². The van der Waals surface area contributed by atoms with Crippen LogP contribution in [-0.2, 0) is 9.59 Å². The van der Waals surface area contributed by atoms with E-state index in [-0.39, 0.29) is 17.2 Å². The van der Waals surface area contributed by atoms with Crippen molar-refractivity contribution in [2.24, 2.45) is 0 Å². The van der Waals surface area contributed by atoms with Crippen LogP contribution in [0.3, 0.4) is 0 Å². The maximum Gasteiger partial charge on any atom is 0.233 e. The average molecular weight is 307 g/mol. The fourth-order valence-electron chi connectivity index (χ4n) is 2.21. The molecule has 0 aliphatic carbocycles. The molecule has 0 radical (unpaired) electrons. The van der Waals surface area contributed by atoms with Crippen molar-refractivity contribution in [3.05, 3.63) is 29.8 Å². The molecule has 2 amide bonds. The van der Waals surface area contributed by atoms with Crippen molar-refractivity contribution in [1.82, 2.24) is 9.80 Å². The van der Waals surface area contributed by atoms with E-state index in [0.29, 0.717) is 5.75 Å². The minimum atomic E-state index is -0.0826. The van der Waals surface area contributed by atoms with Gasteiger partial charge in [-0.1, -0.05) is 12.1 Å². The van der Waals surface area contributed by atoms with Crippen LogP contribution < -0.4 is 5.32 Å². The molecule has 1 aromatic rings. The van der Waals surface area contributed by atoms with Gasteiger partial charge in [0.1, 0.15) is 5.37 Å². The number of amides is 2. The van der Waals surface area contributed by atoms with Crippen LogP contribution in [0.2, 0.25) is 0 Å². The van der Waals surface area contributed by atoms with Gasteiger partial charge in [0.15, 0.2) is 0 Å². The Balaban J connectivity index is 2.08. The summed E-state index contributed by atoms with van der Waals surface area (Å²) >= 11 is 1.65. The fraction of sp³-hybridized carbons (Fsp3) is 0.467. The first-order valence-electron chi connectivity index (χ1n) is 6.90. The lowest BCUT2D eigenvalue weighted by Gasteiger charge is -2.25. The molecule has 2 rings (SSSR count). The molecule has 1 fully saturated rings. The number of anilines is 1. The summed E-state index contributed by atoms with van der Waals surface area (Å²) in [5.74, 6) is 0.643. The van der Waals surface area contributed by atoms with Gasteiger partial charge in [0, 0.05) is 25.7 Å². The Kier molecular flexibility index (Phi) is 5.25. The molecule has 0 bridgehead atoms. The zero-order chi connectivity index (χ0) is 15.4. The van der Waals surface area contributed by atoms with Crippen molar-refractivity contribution < 1.29 is 9.59 Å². The number of nitrogens with zero attached hydrogens (tertiary/aromatic N) is 2. The molecule has 1 aromatic carbocycles. The first kappa shape index (κ1) is 15.9. The van der Waals surface area contributed by atoms with E-state index in [1.807, 2.05) is 43.3 Å². The monoisotopic (exact) mass is 307 g/mol. The van der Waals surface area contributed by atoms with E-state index in [0.717, 1.165) is 24.3 Å². The predicted molar refractivity (Wildman–Crippen MR) is 86.2 cm³/mol. The molecular formula is C15H21N3O2S. The minimum Gasteiger partial charge on any atom is -0.326 e. The maximum absolute atomic E-state index is 12.0. The van der Waals surface area contributed by atoms with Crippen molar-refractivity contribution >= 4 is 29.3 Å². The molecule has 0 aromatic heterocycles. The molecular weight excluding hydrogens is 286 g/mol. The van der Waals surface area contributed by atoms with Crippen LogP contribution in [0.5, 0.6) is 0 Å². The summed E-state index contributed by atoms with van der Waals surface area (Å²) in [6, 6.07) is 7.71. The summed E-state index contributed by atoms with van der Waals surface area (Å²) in [6.45, 7) is 3.08. The van der Waals surface area contributed by atoms with E-state index in [9.17, 15) is 9.59 Å². The number of hydrogen-bond donors (Lipinski definition) is 1. The average Bonchev–Trinajstić information content (AvgIpc) is 2.78. The van der Waals surface area contributed by atoms with E-state index < -0.39 is 0 Å². The number of rotatable bonds is 5. The number of hydrogen-bond acceptors (Lipinski definition) is 4. The number of benzene rings is 1. The third-order valence-corrected chi connectivity index (χ3v) is 4.53. The Morgan fingerprint density at radius 2 is 2.05 bits per heavy atom. The molecule has 1 saturated heterocycles. The molecule has 1 unspecified atom stereocenters. The van der Waals surface area contributed by atoms with Crippen molar-refractivity contribution in [1.29, 1.82) is 0 Å². The van der Waals surface area contributed by atoms with Gasteiger partial charge in [0.25, 0.3) is 0 Å². The van der Waals surface area contributed by atoms with E-state index >= 15 is 0 Å². The fourth-order valence-corrected chi connectivity index (χ4v) is 3.43. The second kappa shape index (κ2) is 6.95. The van der Waals surface area contributed by atoms with Crippen LogP contribution in [0.4, 0.5) is 5.69 Å². The molecule has 0 spiro atoms. The van der Waals surface area contributed by atoms with Crippen LogP contribution in [0.25, 0.3) is 0 Å². The molecule has 1 aliphatic rings. The Labute approximate surface area is 129 Å². The number of likely N-dealkylation sites (N-methyl/N-ethyl adjacent to an activating group) is 1. The topological polar surface area (TPSA) is 52.7 Å². The lowest BCUT2D eigenvalue weighted by Crippen LogP contribution is -2.34.